The van der Waals surface area contributed by atoms with Crippen LogP contribution in [0.25, 0.3) is 0 Å². The third kappa shape index (κ3) is 5.84. The van der Waals surface area contributed by atoms with Gasteiger partial charge < -0.3 is 9.84 Å². The highest BCUT2D eigenvalue weighted by Crippen LogP contribution is 2.21. The van der Waals surface area contributed by atoms with Gasteiger partial charge in [-0.05, 0) is 24.5 Å². The lowest BCUT2D eigenvalue weighted by Gasteiger charge is -2.26. The molecule has 0 radical (unpaired) electrons. The van der Waals surface area contributed by atoms with Crippen LogP contribution >= 0.6 is 0 Å². The lowest BCUT2D eigenvalue weighted by molar-refractivity contribution is 0.0979. The van der Waals surface area contributed by atoms with E-state index in [1.807, 2.05) is 42.5 Å². The maximum atomic E-state index is 10.3. The van der Waals surface area contributed by atoms with Crippen LogP contribution in [-0.4, -0.2) is 29.8 Å². The number of hydrogen-bond acceptors (Lipinski definition) is 3. The third-order valence-corrected chi connectivity index (χ3v) is 4.01. The third-order valence-electron chi connectivity index (χ3n) is 4.01. The van der Waals surface area contributed by atoms with E-state index in [1.165, 1.54) is 5.56 Å². The number of hydrogen-bond donors (Lipinski definition) is 1. The van der Waals surface area contributed by atoms with Crippen molar-refractivity contribution in [2.75, 3.05) is 13.7 Å². The van der Waals surface area contributed by atoms with Crippen molar-refractivity contribution < 1.29 is 9.84 Å². The van der Waals surface area contributed by atoms with Gasteiger partial charge in [-0.1, -0.05) is 54.6 Å². The summed E-state index contributed by atoms with van der Waals surface area (Å²) in [5.74, 6) is 0.885. The minimum absolute atomic E-state index is 0.360. The number of ether oxygens (including phenoxy) is 1. The molecule has 3 nitrogen and oxygen atoms in total. The Morgan fingerprint density at radius 3 is 2.50 bits per heavy atom. The number of aliphatic hydroxyl groups is 1. The first-order valence-electron chi connectivity index (χ1n) is 8.40. The smallest absolute Gasteiger partial charge is 0.123 e. The second-order valence-electron chi connectivity index (χ2n) is 5.99. The zero-order valence-corrected chi connectivity index (χ0v) is 14.4. The predicted octanol–water partition coefficient (Wildman–Crippen LogP) is 4.02. The average molecular weight is 325 g/mol. The van der Waals surface area contributed by atoms with Gasteiger partial charge >= 0.3 is 0 Å². The molecular formula is C21H27NO2. The van der Waals surface area contributed by atoms with Crippen LogP contribution in [0.3, 0.4) is 0 Å². The highest BCUT2D eigenvalue weighted by atomic mass is 16.5. The molecule has 1 atom stereocenters. The molecular weight excluding hydrogens is 298 g/mol. The molecule has 3 heteroatoms. The standard InChI is InChI=1S/C21H27NO2/c1-3-4-13-20(23)17-22(15-18-10-6-5-7-11-18)16-19-12-8-9-14-21(19)24-2/h3,5-12,14,20,23H,1,4,13,15-17H2,2H3/t20-/m0/s1. The average Bonchev–Trinajstić information content (AvgIpc) is 2.61. The molecule has 0 saturated carbocycles. The van der Waals surface area contributed by atoms with Crippen LogP contribution in [0.2, 0.25) is 0 Å². The Hall–Kier alpha value is -2.10. The first kappa shape index (κ1) is 18.2. The molecule has 24 heavy (non-hydrogen) atoms. The first-order chi connectivity index (χ1) is 11.7. The molecule has 0 aliphatic rings. The number of aliphatic hydroxyl groups excluding tert-OH is 1. The Kier molecular flexibility index (Phi) is 7.53. The number of para-hydroxylation sites is 1. The van der Waals surface area contributed by atoms with Crippen LogP contribution in [0.15, 0.2) is 67.3 Å². The summed E-state index contributed by atoms with van der Waals surface area (Å²) in [6.07, 6.45) is 3.06. The molecule has 0 aliphatic carbocycles. The van der Waals surface area contributed by atoms with E-state index in [2.05, 4.69) is 29.7 Å². The molecule has 2 aromatic rings. The number of nitrogens with zero attached hydrogens (tertiary/aromatic N) is 1. The molecule has 0 aliphatic heterocycles. The molecule has 0 aromatic heterocycles. The number of allylic oxidation sites excluding steroid dienone is 1. The molecule has 0 fully saturated rings. The topological polar surface area (TPSA) is 32.7 Å². The van der Waals surface area contributed by atoms with E-state index in [0.717, 1.165) is 37.2 Å². The van der Waals surface area contributed by atoms with Crippen LogP contribution in [0.1, 0.15) is 24.0 Å². The van der Waals surface area contributed by atoms with Gasteiger partial charge in [-0.15, -0.1) is 6.58 Å². The van der Waals surface area contributed by atoms with Gasteiger partial charge in [0.1, 0.15) is 5.75 Å². The van der Waals surface area contributed by atoms with Gasteiger partial charge in [0.15, 0.2) is 0 Å². The molecule has 0 saturated heterocycles. The lowest BCUT2D eigenvalue weighted by Crippen LogP contribution is -2.31. The van der Waals surface area contributed by atoms with Gasteiger partial charge in [-0.2, -0.15) is 0 Å². The van der Waals surface area contributed by atoms with Crippen molar-refractivity contribution >= 4 is 0 Å². The molecule has 128 valence electrons. The maximum absolute atomic E-state index is 10.3. The molecule has 2 rings (SSSR count). The van der Waals surface area contributed by atoms with Gasteiger partial charge in [0.2, 0.25) is 0 Å². The highest BCUT2D eigenvalue weighted by Gasteiger charge is 2.14. The Morgan fingerprint density at radius 1 is 1.08 bits per heavy atom. The number of benzene rings is 2. The Balaban J connectivity index is 2.10. The molecule has 0 amide bonds. The van der Waals surface area contributed by atoms with Crippen LogP contribution in [-0.2, 0) is 13.1 Å². The van der Waals surface area contributed by atoms with Gasteiger partial charge in [-0.3, -0.25) is 4.90 Å². The Morgan fingerprint density at radius 2 is 1.79 bits per heavy atom. The minimum Gasteiger partial charge on any atom is -0.496 e. The van der Waals surface area contributed by atoms with Gasteiger partial charge in [0, 0.05) is 25.2 Å². The Labute approximate surface area is 145 Å². The van der Waals surface area contributed by atoms with Crippen molar-refractivity contribution in [1.29, 1.82) is 0 Å². The van der Waals surface area contributed by atoms with Crippen LogP contribution in [0, 0.1) is 0 Å². The zero-order valence-electron chi connectivity index (χ0n) is 14.4. The van der Waals surface area contributed by atoms with Crippen molar-refractivity contribution in [3.05, 3.63) is 78.4 Å². The quantitative estimate of drug-likeness (QED) is 0.670. The zero-order chi connectivity index (χ0) is 17.2. The summed E-state index contributed by atoms with van der Waals surface area (Å²) in [5.41, 5.74) is 2.37. The summed E-state index contributed by atoms with van der Waals surface area (Å²) in [7, 11) is 1.69. The summed E-state index contributed by atoms with van der Waals surface area (Å²) in [6.45, 7) is 5.89. The van der Waals surface area contributed by atoms with Gasteiger partial charge in [0.25, 0.3) is 0 Å². The monoisotopic (exact) mass is 325 g/mol. The van der Waals surface area contributed by atoms with Crippen molar-refractivity contribution in [2.24, 2.45) is 0 Å². The van der Waals surface area contributed by atoms with Crippen LogP contribution in [0.4, 0.5) is 0 Å². The van der Waals surface area contributed by atoms with Gasteiger partial charge in [0.05, 0.1) is 13.2 Å². The van der Waals surface area contributed by atoms with Crippen molar-refractivity contribution in [3.63, 3.8) is 0 Å². The van der Waals surface area contributed by atoms with E-state index >= 15 is 0 Å². The van der Waals surface area contributed by atoms with Crippen molar-refractivity contribution in [1.82, 2.24) is 4.90 Å². The van der Waals surface area contributed by atoms with E-state index in [1.54, 1.807) is 7.11 Å². The number of methoxy groups -OCH3 is 1. The highest BCUT2D eigenvalue weighted by molar-refractivity contribution is 5.33. The first-order valence-corrected chi connectivity index (χ1v) is 8.40. The normalized spacial score (nSPS) is 12.1. The summed E-state index contributed by atoms with van der Waals surface area (Å²) < 4.78 is 5.46. The van der Waals surface area contributed by atoms with Crippen molar-refractivity contribution in [3.8, 4) is 5.75 Å². The lowest BCUT2D eigenvalue weighted by atomic mass is 10.1. The van der Waals surface area contributed by atoms with Crippen LogP contribution < -0.4 is 4.74 Å². The Bertz CT molecular complexity index is 612. The fourth-order valence-corrected chi connectivity index (χ4v) is 2.80. The summed E-state index contributed by atoms with van der Waals surface area (Å²) in [4.78, 5) is 2.26. The molecule has 0 spiro atoms. The molecule has 0 unspecified atom stereocenters. The molecule has 2 aromatic carbocycles. The van der Waals surface area contributed by atoms with Crippen molar-refractivity contribution in [2.45, 2.75) is 32.0 Å². The van der Waals surface area contributed by atoms with E-state index in [4.69, 9.17) is 4.74 Å². The largest absolute Gasteiger partial charge is 0.496 e. The predicted molar refractivity (Wildman–Crippen MR) is 99.0 cm³/mol. The molecule has 1 N–H and O–H groups in total. The maximum Gasteiger partial charge on any atom is 0.123 e. The fraction of sp³-hybridized carbons (Fsp3) is 0.333. The number of rotatable bonds is 10. The SMILES string of the molecule is C=CCC[C@H](O)CN(Cc1ccccc1)Cc1ccccc1OC. The summed E-state index contributed by atoms with van der Waals surface area (Å²) >= 11 is 0. The second kappa shape index (κ2) is 9.91. The van der Waals surface area contributed by atoms with E-state index in [0.29, 0.717) is 6.54 Å². The van der Waals surface area contributed by atoms with Gasteiger partial charge in [-0.25, -0.2) is 0 Å². The van der Waals surface area contributed by atoms with E-state index in [9.17, 15) is 5.11 Å². The summed E-state index contributed by atoms with van der Waals surface area (Å²) in [5, 5.41) is 10.3. The fourth-order valence-electron chi connectivity index (χ4n) is 2.80. The second-order valence-corrected chi connectivity index (χ2v) is 5.99. The van der Waals surface area contributed by atoms with E-state index < -0.39 is 0 Å². The molecule has 0 bridgehead atoms. The molecule has 0 heterocycles. The van der Waals surface area contributed by atoms with E-state index in [-0.39, 0.29) is 6.10 Å². The van der Waals surface area contributed by atoms with Crippen LogP contribution in [0.5, 0.6) is 5.75 Å². The minimum atomic E-state index is -0.360. The summed E-state index contributed by atoms with van der Waals surface area (Å²) in [6, 6.07) is 18.4.